The van der Waals surface area contributed by atoms with Gasteiger partial charge in [0, 0.05) is 7.05 Å². The van der Waals surface area contributed by atoms with Crippen LogP contribution in [0.3, 0.4) is 0 Å². The number of likely N-dealkylation sites (N-methyl/N-ethyl adjacent to an activating group) is 1. The van der Waals surface area contributed by atoms with E-state index in [-0.39, 0.29) is 12.5 Å². The molecule has 2 amide bonds. The molecular formula is C17H28N2O4. The predicted octanol–water partition coefficient (Wildman–Crippen LogP) is 2.33. The molecule has 2 N–H and O–H groups in total. The van der Waals surface area contributed by atoms with Gasteiger partial charge in [0.25, 0.3) is 0 Å². The summed E-state index contributed by atoms with van der Waals surface area (Å²) in [7, 11) is 1.49. The number of hydrogen-bond donors (Lipinski definition) is 2. The largest absolute Gasteiger partial charge is 0.444 e. The minimum atomic E-state index is -0.871. The van der Waals surface area contributed by atoms with Crippen LogP contribution in [0.25, 0.3) is 0 Å². The van der Waals surface area contributed by atoms with Crippen LogP contribution in [0, 0.1) is 0 Å². The zero-order valence-electron chi connectivity index (χ0n) is 14.6. The van der Waals surface area contributed by atoms with Gasteiger partial charge in [-0.1, -0.05) is 31.4 Å². The van der Waals surface area contributed by atoms with Crippen LogP contribution < -0.4 is 10.6 Å². The maximum atomic E-state index is 12.0. The number of allylic oxidation sites excluding steroid dienone is 2. The minimum absolute atomic E-state index is 0.250. The molecule has 0 rings (SSSR count). The lowest BCUT2D eigenvalue weighted by Crippen LogP contribution is -2.53. The highest BCUT2D eigenvalue weighted by Gasteiger charge is 2.29. The standard InChI is InChI=1S/C17H28N2O4/c1-8-10-13(9-2)11-22-12(3)14(15(20)18-7)19-16(21)23-17(4,5)6/h8-10,12,14H,1-2,11H2,3-7H3,(H,18,20)(H,19,21)/b13-10+/t12?,14-/m0/s1. The lowest BCUT2D eigenvalue weighted by Gasteiger charge is -2.26. The number of carbonyl (C=O) groups excluding carboxylic acids is 2. The molecule has 0 aromatic heterocycles. The van der Waals surface area contributed by atoms with Crippen LogP contribution >= 0.6 is 0 Å². The quantitative estimate of drug-likeness (QED) is 0.672. The van der Waals surface area contributed by atoms with Gasteiger partial charge >= 0.3 is 6.09 Å². The SMILES string of the molecule is C=C/C=C(\C=C)COC(C)[C@H](NC(=O)OC(C)(C)C)C(=O)NC. The molecule has 0 saturated carbocycles. The Bertz CT molecular complexity index is 464. The molecule has 0 aliphatic rings. The molecule has 1 unspecified atom stereocenters. The van der Waals surface area contributed by atoms with Crippen molar-refractivity contribution in [3.63, 3.8) is 0 Å². The van der Waals surface area contributed by atoms with E-state index in [0.29, 0.717) is 0 Å². The van der Waals surface area contributed by atoms with Crippen molar-refractivity contribution in [1.29, 1.82) is 0 Å². The number of ether oxygens (including phenoxy) is 2. The fourth-order valence-electron chi connectivity index (χ4n) is 1.64. The highest BCUT2D eigenvalue weighted by atomic mass is 16.6. The Morgan fingerprint density at radius 2 is 1.87 bits per heavy atom. The Morgan fingerprint density at radius 1 is 1.26 bits per heavy atom. The number of nitrogens with one attached hydrogen (secondary N) is 2. The molecule has 0 aromatic rings. The third kappa shape index (κ3) is 8.83. The van der Waals surface area contributed by atoms with Crippen molar-refractivity contribution in [2.75, 3.05) is 13.7 Å². The smallest absolute Gasteiger partial charge is 0.408 e. The molecule has 6 heteroatoms. The van der Waals surface area contributed by atoms with Crippen molar-refractivity contribution in [3.05, 3.63) is 37.0 Å². The summed E-state index contributed by atoms with van der Waals surface area (Å²) in [5.74, 6) is -0.365. The first-order chi connectivity index (χ1) is 10.6. The number of amides is 2. The molecule has 130 valence electrons. The Labute approximate surface area is 138 Å². The second kappa shape index (κ2) is 9.84. The Hall–Kier alpha value is -2.08. The number of rotatable bonds is 8. The molecule has 0 spiro atoms. The third-order valence-electron chi connectivity index (χ3n) is 2.78. The van der Waals surface area contributed by atoms with Gasteiger partial charge in [-0.15, -0.1) is 0 Å². The van der Waals surface area contributed by atoms with E-state index in [9.17, 15) is 9.59 Å². The normalized spacial score (nSPS) is 14.4. The zero-order chi connectivity index (χ0) is 18.0. The van der Waals surface area contributed by atoms with Crippen molar-refractivity contribution >= 4 is 12.0 Å². The van der Waals surface area contributed by atoms with Crippen molar-refractivity contribution in [3.8, 4) is 0 Å². The maximum absolute atomic E-state index is 12.0. The van der Waals surface area contributed by atoms with Crippen LogP contribution in [0.15, 0.2) is 37.0 Å². The van der Waals surface area contributed by atoms with Crippen LogP contribution in [-0.2, 0) is 14.3 Å². The fraction of sp³-hybridized carbons (Fsp3) is 0.529. The van der Waals surface area contributed by atoms with E-state index in [0.717, 1.165) is 5.57 Å². The molecular weight excluding hydrogens is 296 g/mol. The lowest BCUT2D eigenvalue weighted by atomic mass is 10.1. The molecule has 6 nitrogen and oxygen atoms in total. The van der Waals surface area contributed by atoms with Gasteiger partial charge in [0.15, 0.2) is 0 Å². The second-order valence-electron chi connectivity index (χ2n) is 5.94. The summed E-state index contributed by atoms with van der Waals surface area (Å²) >= 11 is 0. The Kier molecular flexibility index (Phi) is 8.95. The predicted molar refractivity (Wildman–Crippen MR) is 91.1 cm³/mol. The van der Waals surface area contributed by atoms with E-state index in [1.54, 1.807) is 45.9 Å². The van der Waals surface area contributed by atoms with Gasteiger partial charge in [-0.2, -0.15) is 0 Å². The molecule has 0 radical (unpaired) electrons. The fourth-order valence-corrected chi connectivity index (χ4v) is 1.64. The summed E-state index contributed by atoms with van der Waals surface area (Å²) in [6.07, 6.45) is 3.79. The average Bonchev–Trinajstić information content (AvgIpc) is 2.46. The van der Waals surface area contributed by atoms with Crippen molar-refractivity contribution < 1.29 is 19.1 Å². The molecule has 0 saturated heterocycles. The van der Waals surface area contributed by atoms with Crippen LogP contribution in [0.5, 0.6) is 0 Å². The molecule has 0 fully saturated rings. The molecule has 0 bridgehead atoms. The van der Waals surface area contributed by atoms with Gasteiger partial charge < -0.3 is 20.1 Å². The summed E-state index contributed by atoms with van der Waals surface area (Å²) in [6.45, 7) is 14.5. The van der Waals surface area contributed by atoms with Crippen molar-refractivity contribution in [2.24, 2.45) is 0 Å². The number of carbonyl (C=O) groups is 2. The summed E-state index contributed by atoms with van der Waals surface area (Å²) in [6, 6.07) is -0.871. The third-order valence-corrected chi connectivity index (χ3v) is 2.78. The van der Waals surface area contributed by atoms with Crippen molar-refractivity contribution in [1.82, 2.24) is 10.6 Å². The average molecular weight is 324 g/mol. The topological polar surface area (TPSA) is 76.7 Å². The van der Waals surface area contributed by atoms with E-state index in [4.69, 9.17) is 9.47 Å². The van der Waals surface area contributed by atoms with Gasteiger partial charge in [-0.3, -0.25) is 4.79 Å². The Morgan fingerprint density at radius 3 is 2.30 bits per heavy atom. The van der Waals surface area contributed by atoms with Gasteiger partial charge in [-0.05, 0) is 33.3 Å². The Balaban J connectivity index is 4.86. The summed E-state index contributed by atoms with van der Waals surface area (Å²) in [4.78, 5) is 23.9. The zero-order valence-corrected chi connectivity index (χ0v) is 14.6. The van der Waals surface area contributed by atoms with E-state index >= 15 is 0 Å². The van der Waals surface area contributed by atoms with E-state index < -0.39 is 23.8 Å². The van der Waals surface area contributed by atoms with E-state index in [2.05, 4.69) is 23.8 Å². The molecule has 0 aromatic carbocycles. The first-order valence-corrected chi connectivity index (χ1v) is 7.41. The highest BCUT2D eigenvalue weighted by molar-refractivity contribution is 5.86. The van der Waals surface area contributed by atoms with Crippen LogP contribution in [0.1, 0.15) is 27.7 Å². The molecule has 0 heterocycles. The van der Waals surface area contributed by atoms with Crippen LogP contribution in [0.2, 0.25) is 0 Å². The maximum Gasteiger partial charge on any atom is 0.408 e. The summed E-state index contributed by atoms with van der Waals surface area (Å²) in [5.41, 5.74) is 0.171. The number of alkyl carbamates (subject to hydrolysis) is 1. The van der Waals surface area contributed by atoms with Gasteiger partial charge in [-0.25, -0.2) is 4.79 Å². The summed E-state index contributed by atoms with van der Waals surface area (Å²) in [5, 5.41) is 5.03. The molecule has 0 aliphatic carbocycles. The van der Waals surface area contributed by atoms with Gasteiger partial charge in [0.05, 0.1) is 12.7 Å². The van der Waals surface area contributed by atoms with Crippen LogP contribution in [-0.4, -0.2) is 43.4 Å². The van der Waals surface area contributed by atoms with Gasteiger partial charge in [0.2, 0.25) is 5.91 Å². The lowest BCUT2D eigenvalue weighted by molar-refractivity contribution is -0.126. The molecule has 0 aliphatic heterocycles. The minimum Gasteiger partial charge on any atom is -0.444 e. The summed E-state index contributed by atoms with van der Waals surface area (Å²) < 4.78 is 10.8. The monoisotopic (exact) mass is 324 g/mol. The first-order valence-electron chi connectivity index (χ1n) is 7.41. The second-order valence-corrected chi connectivity index (χ2v) is 5.94. The first kappa shape index (κ1) is 20.9. The highest BCUT2D eigenvalue weighted by Crippen LogP contribution is 2.09. The van der Waals surface area contributed by atoms with Crippen LogP contribution in [0.4, 0.5) is 4.79 Å². The van der Waals surface area contributed by atoms with E-state index in [1.165, 1.54) is 7.05 Å². The molecule has 23 heavy (non-hydrogen) atoms. The van der Waals surface area contributed by atoms with Gasteiger partial charge in [0.1, 0.15) is 11.6 Å². The molecule has 2 atom stereocenters. The number of hydrogen-bond acceptors (Lipinski definition) is 4. The van der Waals surface area contributed by atoms with E-state index in [1.807, 2.05) is 0 Å². The van der Waals surface area contributed by atoms with Crippen molar-refractivity contribution in [2.45, 2.75) is 45.4 Å².